The van der Waals surface area contributed by atoms with Gasteiger partial charge < -0.3 is 19.6 Å². The van der Waals surface area contributed by atoms with E-state index in [0.29, 0.717) is 24.3 Å². The molecule has 1 amide bonds. The Morgan fingerprint density at radius 3 is 2.17 bits per heavy atom. The molecule has 0 saturated carbocycles. The largest absolute Gasteiger partial charge is 0.507 e. The lowest BCUT2D eigenvalue weighted by Gasteiger charge is -2.26. The van der Waals surface area contributed by atoms with Crippen LogP contribution in [0.4, 0.5) is 5.69 Å². The van der Waals surface area contributed by atoms with Gasteiger partial charge in [0.1, 0.15) is 11.5 Å². The average molecular weight is 479 g/mol. The summed E-state index contributed by atoms with van der Waals surface area (Å²) in [5.74, 6) is -0.672. The van der Waals surface area contributed by atoms with Gasteiger partial charge in [-0.15, -0.1) is 0 Å². The number of hydrogen-bond donors (Lipinski definition) is 1. The van der Waals surface area contributed by atoms with Crippen molar-refractivity contribution < 1.29 is 19.4 Å². The molecule has 1 aliphatic heterocycles. The SMILES string of the molecule is CCCN1C(=O)C(=O)/C(=C(\O)c2ccc(OC)c(C(C)(C)C)c2)C1c1ccc(N(CC)CC)cc1. The fourth-order valence-corrected chi connectivity index (χ4v) is 4.75. The van der Waals surface area contributed by atoms with Gasteiger partial charge in [-0.25, -0.2) is 0 Å². The van der Waals surface area contributed by atoms with Crippen molar-refractivity contribution in [3.8, 4) is 5.75 Å². The average Bonchev–Trinajstić information content (AvgIpc) is 3.09. The van der Waals surface area contributed by atoms with E-state index < -0.39 is 17.7 Å². The van der Waals surface area contributed by atoms with Gasteiger partial charge >= 0.3 is 0 Å². The third kappa shape index (κ3) is 5.07. The van der Waals surface area contributed by atoms with Gasteiger partial charge in [-0.2, -0.15) is 0 Å². The maximum Gasteiger partial charge on any atom is 0.295 e. The van der Waals surface area contributed by atoms with Crippen LogP contribution in [0, 0.1) is 0 Å². The summed E-state index contributed by atoms with van der Waals surface area (Å²) < 4.78 is 5.53. The molecule has 6 heteroatoms. The first-order valence-corrected chi connectivity index (χ1v) is 12.4. The van der Waals surface area contributed by atoms with Crippen LogP contribution in [0.15, 0.2) is 48.0 Å². The molecule has 0 bridgehead atoms. The lowest BCUT2D eigenvalue weighted by Crippen LogP contribution is -2.30. The first-order valence-electron chi connectivity index (χ1n) is 12.4. The molecule has 188 valence electrons. The minimum absolute atomic E-state index is 0.129. The Balaban J connectivity index is 2.18. The van der Waals surface area contributed by atoms with Crippen LogP contribution in [-0.2, 0) is 15.0 Å². The first kappa shape index (κ1) is 26.3. The molecule has 1 heterocycles. The number of carbonyl (C=O) groups is 2. The van der Waals surface area contributed by atoms with Gasteiger partial charge in [0.25, 0.3) is 11.7 Å². The fraction of sp³-hybridized carbons (Fsp3) is 0.448. The molecule has 6 nitrogen and oxygen atoms in total. The summed E-state index contributed by atoms with van der Waals surface area (Å²) in [4.78, 5) is 30.1. The smallest absolute Gasteiger partial charge is 0.295 e. The molecule has 1 unspecified atom stereocenters. The standard InChI is InChI=1S/C29H38N2O4/c1-8-17-31-25(19-11-14-21(15-12-19)30(9-2)10-3)24(27(33)28(31)34)26(32)20-13-16-23(35-7)22(18-20)29(4,5)6/h11-16,18,25,32H,8-10,17H2,1-7H3/b26-24-. The van der Waals surface area contributed by atoms with Gasteiger partial charge in [-0.05, 0) is 61.6 Å². The Morgan fingerprint density at radius 2 is 1.66 bits per heavy atom. The number of anilines is 1. The summed E-state index contributed by atoms with van der Waals surface area (Å²) in [6.45, 7) is 14.6. The lowest BCUT2D eigenvalue weighted by molar-refractivity contribution is -0.139. The zero-order valence-corrected chi connectivity index (χ0v) is 22.0. The number of aliphatic hydroxyl groups is 1. The Kier molecular flexibility index (Phi) is 7.93. The predicted molar refractivity (Wildman–Crippen MR) is 141 cm³/mol. The maximum absolute atomic E-state index is 13.2. The minimum atomic E-state index is -0.651. The fourth-order valence-electron chi connectivity index (χ4n) is 4.75. The van der Waals surface area contributed by atoms with Crippen molar-refractivity contribution >= 4 is 23.1 Å². The van der Waals surface area contributed by atoms with E-state index >= 15 is 0 Å². The number of ketones is 1. The number of Topliss-reactive ketones (excluding diaryl/α,β-unsaturated/α-hetero) is 1. The van der Waals surface area contributed by atoms with Gasteiger partial charge in [-0.1, -0.05) is 39.8 Å². The second kappa shape index (κ2) is 10.5. The van der Waals surface area contributed by atoms with Gasteiger partial charge in [-0.3, -0.25) is 9.59 Å². The third-order valence-corrected chi connectivity index (χ3v) is 6.62. The summed E-state index contributed by atoms with van der Waals surface area (Å²) in [6, 6.07) is 12.7. The second-order valence-electron chi connectivity index (χ2n) is 9.92. The molecule has 0 aliphatic carbocycles. The Hall–Kier alpha value is -3.28. The molecular weight excluding hydrogens is 440 g/mol. The van der Waals surface area contributed by atoms with E-state index in [4.69, 9.17) is 4.74 Å². The highest BCUT2D eigenvalue weighted by atomic mass is 16.5. The number of methoxy groups -OCH3 is 1. The highest BCUT2D eigenvalue weighted by Gasteiger charge is 2.45. The number of benzene rings is 2. The topological polar surface area (TPSA) is 70.1 Å². The molecule has 1 saturated heterocycles. The van der Waals surface area contributed by atoms with E-state index in [2.05, 4.69) is 39.5 Å². The second-order valence-corrected chi connectivity index (χ2v) is 9.92. The summed E-state index contributed by atoms with van der Waals surface area (Å²) in [5, 5.41) is 11.4. The quantitative estimate of drug-likeness (QED) is 0.301. The van der Waals surface area contributed by atoms with Crippen molar-refractivity contribution in [1.29, 1.82) is 0 Å². The Morgan fingerprint density at radius 1 is 1.03 bits per heavy atom. The molecule has 0 radical (unpaired) electrons. The Bertz CT molecular complexity index is 1110. The zero-order valence-electron chi connectivity index (χ0n) is 22.0. The number of likely N-dealkylation sites (tertiary alicyclic amines) is 1. The van der Waals surface area contributed by atoms with Crippen molar-refractivity contribution in [3.05, 3.63) is 64.7 Å². The molecule has 2 aromatic carbocycles. The van der Waals surface area contributed by atoms with Crippen LogP contribution in [-0.4, -0.2) is 48.4 Å². The number of ether oxygens (including phenoxy) is 1. The van der Waals surface area contributed by atoms with Crippen LogP contribution < -0.4 is 9.64 Å². The van der Waals surface area contributed by atoms with Crippen LogP contribution in [0.3, 0.4) is 0 Å². The van der Waals surface area contributed by atoms with E-state index in [0.717, 1.165) is 29.9 Å². The maximum atomic E-state index is 13.2. The number of nitrogens with zero attached hydrogens (tertiary/aromatic N) is 2. The number of carbonyl (C=O) groups excluding carboxylic acids is 2. The summed E-state index contributed by atoms with van der Waals surface area (Å²) in [6.07, 6.45) is 0.706. The number of amides is 1. The molecule has 0 aromatic heterocycles. The third-order valence-electron chi connectivity index (χ3n) is 6.62. The summed E-state index contributed by atoms with van der Waals surface area (Å²) in [7, 11) is 1.61. The van der Waals surface area contributed by atoms with Crippen molar-refractivity contribution in [3.63, 3.8) is 0 Å². The van der Waals surface area contributed by atoms with E-state index in [1.807, 2.05) is 37.3 Å². The van der Waals surface area contributed by atoms with E-state index in [1.54, 1.807) is 24.1 Å². The zero-order chi connectivity index (χ0) is 25.9. The van der Waals surface area contributed by atoms with Crippen LogP contribution in [0.1, 0.15) is 70.7 Å². The Labute approximate surface area is 209 Å². The normalized spacial score (nSPS) is 17.7. The van der Waals surface area contributed by atoms with Crippen molar-refractivity contribution in [2.24, 2.45) is 0 Å². The summed E-state index contributed by atoms with van der Waals surface area (Å²) >= 11 is 0. The number of aliphatic hydroxyl groups excluding tert-OH is 1. The number of rotatable bonds is 8. The van der Waals surface area contributed by atoms with Gasteiger partial charge in [0.15, 0.2) is 0 Å². The molecular formula is C29H38N2O4. The molecule has 1 fully saturated rings. The van der Waals surface area contributed by atoms with Crippen LogP contribution in [0.2, 0.25) is 0 Å². The van der Waals surface area contributed by atoms with Gasteiger partial charge in [0.2, 0.25) is 0 Å². The molecule has 35 heavy (non-hydrogen) atoms. The summed E-state index contributed by atoms with van der Waals surface area (Å²) in [5.41, 5.74) is 3.18. The van der Waals surface area contributed by atoms with Gasteiger partial charge in [0, 0.05) is 36.4 Å². The van der Waals surface area contributed by atoms with Crippen LogP contribution in [0.5, 0.6) is 5.75 Å². The van der Waals surface area contributed by atoms with Crippen LogP contribution in [0.25, 0.3) is 5.76 Å². The molecule has 3 rings (SSSR count). The first-order chi connectivity index (χ1) is 16.6. The molecule has 1 atom stereocenters. The minimum Gasteiger partial charge on any atom is -0.507 e. The number of hydrogen-bond acceptors (Lipinski definition) is 5. The highest BCUT2D eigenvalue weighted by Crippen LogP contribution is 2.41. The van der Waals surface area contributed by atoms with E-state index in [-0.39, 0.29) is 16.7 Å². The predicted octanol–water partition coefficient (Wildman–Crippen LogP) is 5.67. The van der Waals surface area contributed by atoms with Crippen molar-refractivity contribution in [1.82, 2.24) is 4.90 Å². The van der Waals surface area contributed by atoms with E-state index in [9.17, 15) is 14.7 Å². The van der Waals surface area contributed by atoms with E-state index in [1.165, 1.54) is 0 Å². The van der Waals surface area contributed by atoms with Crippen molar-refractivity contribution in [2.45, 2.75) is 59.4 Å². The molecule has 2 aromatic rings. The molecule has 1 aliphatic rings. The van der Waals surface area contributed by atoms with Crippen LogP contribution >= 0.6 is 0 Å². The molecule has 0 spiro atoms. The molecule has 1 N–H and O–H groups in total. The lowest BCUT2D eigenvalue weighted by atomic mass is 9.84. The van der Waals surface area contributed by atoms with Crippen molar-refractivity contribution in [2.75, 3.05) is 31.6 Å². The monoisotopic (exact) mass is 478 g/mol. The highest BCUT2D eigenvalue weighted by molar-refractivity contribution is 6.46. The van der Waals surface area contributed by atoms with Gasteiger partial charge in [0.05, 0.1) is 18.7 Å².